The normalized spacial score (nSPS) is 14.1. The van der Waals surface area contributed by atoms with E-state index in [-0.39, 0.29) is 36.6 Å². The predicted molar refractivity (Wildman–Crippen MR) is 123 cm³/mol. The van der Waals surface area contributed by atoms with Crippen molar-refractivity contribution in [1.29, 1.82) is 0 Å². The van der Waals surface area contributed by atoms with Gasteiger partial charge in [-0.05, 0) is 36.4 Å². The largest absolute Gasteiger partial charge is 0.350 e. The highest BCUT2D eigenvalue weighted by atomic mass is 35.5. The van der Waals surface area contributed by atoms with E-state index in [1.165, 1.54) is 49.9 Å². The molecule has 0 radical (unpaired) electrons. The second-order valence-corrected chi connectivity index (χ2v) is 7.67. The summed E-state index contributed by atoms with van der Waals surface area (Å²) in [6.45, 7) is 1.34. The van der Waals surface area contributed by atoms with Gasteiger partial charge in [0, 0.05) is 37.1 Å². The van der Waals surface area contributed by atoms with Gasteiger partial charge in [0.25, 0.3) is 11.8 Å². The topological polar surface area (TPSA) is 83.1 Å². The maximum absolute atomic E-state index is 12.5. The summed E-state index contributed by atoms with van der Waals surface area (Å²) in [6.07, 6.45) is 10.8. The molecule has 3 N–H and O–H groups in total. The van der Waals surface area contributed by atoms with E-state index in [0.29, 0.717) is 28.7 Å². The third kappa shape index (κ3) is 7.93. The van der Waals surface area contributed by atoms with Gasteiger partial charge in [-0.15, -0.1) is 36.2 Å². The zero-order valence-corrected chi connectivity index (χ0v) is 18.6. The number of nitrogens with zero attached hydrogens (tertiary/aromatic N) is 1. The fourth-order valence-corrected chi connectivity index (χ4v) is 4.06. The summed E-state index contributed by atoms with van der Waals surface area (Å²) in [7, 11) is 0. The van der Waals surface area contributed by atoms with E-state index in [4.69, 9.17) is 0 Å². The van der Waals surface area contributed by atoms with Crippen LogP contribution in [-0.4, -0.2) is 35.9 Å². The van der Waals surface area contributed by atoms with Crippen LogP contribution in [0.15, 0.2) is 36.0 Å². The van der Waals surface area contributed by atoms with E-state index in [2.05, 4.69) is 20.9 Å². The first-order valence-electron chi connectivity index (χ1n) is 9.54. The minimum atomic E-state index is -0.250. The maximum Gasteiger partial charge on any atom is 0.263 e. The molecule has 1 aliphatic rings. The van der Waals surface area contributed by atoms with Crippen molar-refractivity contribution in [3.63, 3.8) is 0 Å². The van der Waals surface area contributed by atoms with Crippen molar-refractivity contribution in [3.05, 3.63) is 46.4 Å². The van der Waals surface area contributed by atoms with Crippen LogP contribution in [0.3, 0.4) is 0 Å². The summed E-state index contributed by atoms with van der Waals surface area (Å²) in [6, 6.07) is 5.60. The Labute approximate surface area is 188 Å². The number of rotatable bonds is 7. The van der Waals surface area contributed by atoms with Crippen molar-refractivity contribution in [2.24, 2.45) is 0 Å². The summed E-state index contributed by atoms with van der Waals surface area (Å²) in [5.41, 5.74) is 1.05. The van der Waals surface area contributed by atoms with Gasteiger partial charge in [-0.3, -0.25) is 14.6 Å². The summed E-state index contributed by atoms with van der Waals surface area (Å²) in [4.78, 5) is 29.2. The second kappa shape index (κ2) is 13.5. The van der Waals surface area contributed by atoms with Crippen LogP contribution >= 0.6 is 36.2 Å². The standard InChI is InChI=1S/C20H26N4O2S.2ClH/c25-19(15-7-10-21-11-8-15)24-17-9-14-27-18(17)20(26)23-13-12-22-16-5-3-1-2-4-6-16;;/h7-11,14,16,22H,1-6,12-13H2,(H,23,26)(H,24,25);2*1H. The van der Waals surface area contributed by atoms with Gasteiger partial charge in [-0.1, -0.05) is 25.7 Å². The van der Waals surface area contributed by atoms with E-state index in [0.717, 1.165) is 6.54 Å². The van der Waals surface area contributed by atoms with Crippen LogP contribution in [0.1, 0.15) is 58.6 Å². The maximum atomic E-state index is 12.5. The van der Waals surface area contributed by atoms with Crippen molar-refractivity contribution in [2.75, 3.05) is 18.4 Å². The molecule has 1 saturated carbocycles. The van der Waals surface area contributed by atoms with Crippen LogP contribution in [0, 0.1) is 0 Å². The lowest BCUT2D eigenvalue weighted by molar-refractivity contribution is 0.0958. The first-order chi connectivity index (χ1) is 13.2. The van der Waals surface area contributed by atoms with Gasteiger partial charge in [0.05, 0.1) is 5.69 Å². The van der Waals surface area contributed by atoms with Crippen LogP contribution < -0.4 is 16.0 Å². The number of aromatic nitrogens is 1. The van der Waals surface area contributed by atoms with Crippen molar-refractivity contribution in [2.45, 2.75) is 44.6 Å². The van der Waals surface area contributed by atoms with E-state index in [1.807, 2.05) is 0 Å². The number of carbonyl (C=O) groups excluding carboxylic acids is 2. The molecular weight excluding hydrogens is 431 g/mol. The third-order valence-electron chi connectivity index (χ3n) is 4.76. The van der Waals surface area contributed by atoms with Gasteiger partial charge in [-0.2, -0.15) is 0 Å². The minimum absolute atomic E-state index is 0. The zero-order valence-electron chi connectivity index (χ0n) is 16.2. The first kappa shape index (κ1) is 25.4. The Kier molecular flexibility index (Phi) is 11.8. The number of nitrogens with one attached hydrogen (secondary N) is 3. The second-order valence-electron chi connectivity index (χ2n) is 6.75. The SMILES string of the molecule is Cl.Cl.O=C(Nc1ccsc1C(=O)NCCNC1CCCCCC1)c1ccncc1. The highest BCUT2D eigenvalue weighted by molar-refractivity contribution is 7.12. The van der Waals surface area contributed by atoms with Crippen molar-refractivity contribution < 1.29 is 9.59 Å². The number of amides is 2. The van der Waals surface area contributed by atoms with Crippen molar-refractivity contribution in [1.82, 2.24) is 15.6 Å². The average molecular weight is 459 g/mol. The number of pyridine rings is 1. The molecule has 0 saturated heterocycles. The lowest BCUT2D eigenvalue weighted by atomic mass is 10.1. The van der Waals surface area contributed by atoms with Crippen LogP contribution in [0.2, 0.25) is 0 Å². The Morgan fingerprint density at radius 3 is 2.34 bits per heavy atom. The monoisotopic (exact) mass is 458 g/mol. The third-order valence-corrected chi connectivity index (χ3v) is 5.67. The molecule has 2 heterocycles. The summed E-state index contributed by atoms with van der Waals surface area (Å²) < 4.78 is 0. The van der Waals surface area contributed by atoms with Gasteiger partial charge < -0.3 is 16.0 Å². The van der Waals surface area contributed by atoms with E-state index in [1.54, 1.807) is 36.0 Å². The average Bonchev–Trinajstić information content (AvgIpc) is 2.99. The summed E-state index contributed by atoms with van der Waals surface area (Å²) in [5.74, 6) is -0.405. The number of anilines is 1. The number of hydrogen-bond donors (Lipinski definition) is 3. The molecule has 2 aromatic heterocycles. The van der Waals surface area contributed by atoms with Crippen molar-refractivity contribution in [3.8, 4) is 0 Å². The number of halogens is 2. The zero-order chi connectivity index (χ0) is 18.9. The van der Waals surface area contributed by atoms with Crippen LogP contribution in [0.5, 0.6) is 0 Å². The van der Waals surface area contributed by atoms with Crippen molar-refractivity contribution >= 4 is 53.7 Å². The molecule has 29 heavy (non-hydrogen) atoms. The fraction of sp³-hybridized carbons (Fsp3) is 0.450. The molecule has 0 atom stereocenters. The van der Waals surface area contributed by atoms with Gasteiger partial charge in [0.2, 0.25) is 0 Å². The molecule has 2 amide bonds. The molecule has 1 fully saturated rings. The lowest BCUT2D eigenvalue weighted by Gasteiger charge is -2.16. The molecule has 0 bridgehead atoms. The molecule has 6 nitrogen and oxygen atoms in total. The highest BCUT2D eigenvalue weighted by Gasteiger charge is 2.16. The van der Waals surface area contributed by atoms with Crippen LogP contribution in [-0.2, 0) is 0 Å². The van der Waals surface area contributed by atoms with Crippen LogP contribution in [0.4, 0.5) is 5.69 Å². The van der Waals surface area contributed by atoms with Gasteiger partial charge >= 0.3 is 0 Å². The van der Waals surface area contributed by atoms with E-state index in [9.17, 15) is 9.59 Å². The quantitative estimate of drug-likeness (QED) is 0.426. The molecule has 160 valence electrons. The molecule has 1 aliphatic carbocycles. The Morgan fingerprint density at radius 1 is 0.966 bits per heavy atom. The van der Waals surface area contributed by atoms with Gasteiger partial charge in [-0.25, -0.2) is 0 Å². The number of hydrogen-bond acceptors (Lipinski definition) is 5. The van der Waals surface area contributed by atoms with Gasteiger partial charge in [0.15, 0.2) is 0 Å². The number of carbonyl (C=O) groups is 2. The molecule has 3 rings (SSSR count). The molecule has 9 heteroatoms. The minimum Gasteiger partial charge on any atom is -0.350 e. The first-order valence-corrected chi connectivity index (χ1v) is 10.4. The summed E-state index contributed by atoms with van der Waals surface area (Å²) in [5, 5.41) is 11.1. The molecule has 0 aromatic carbocycles. The van der Waals surface area contributed by atoms with E-state index < -0.39 is 0 Å². The Morgan fingerprint density at radius 2 is 1.66 bits per heavy atom. The predicted octanol–water partition coefficient (Wildman–Crippen LogP) is 4.28. The molecule has 0 aliphatic heterocycles. The van der Waals surface area contributed by atoms with Crippen LogP contribution in [0.25, 0.3) is 0 Å². The van der Waals surface area contributed by atoms with E-state index >= 15 is 0 Å². The smallest absolute Gasteiger partial charge is 0.263 e. The number of thiophene rings is 1. The molecule has 0 unspecified atom stereocenters. The lowest BCUT2D eigenvalue weighted by Crippen LogP contribution is -2.36. The molecule has 2 aromatic rings. The van der Waals surface area contributed by atoms with Gasteiger partial charge in [0.1, 0.15) is 4.88 Å². The Hall–Kier alpha value is -1.67. The molecular formula is C20H28Cl2N4O2S. The summed E-state index contributed by atoms with van der Waals surface area (Å²) >= 11 is 1.32. The Bertz CT molecular complexity index is 750. The highest BCUT2D eigenvalue weighted by Crippen LogP contribution is 2.23. The molecule has 0 spiro atoms. The Balaban J connectivity index is 0.00000210. The fourth-order valence-electron chi connectivity index (χ4n) is 3.30.